The highest BCUT2D eigenvalue weighted by Gasteiger charge is 2.09. The lowest BCUT2D eigenvalue weighted by atomic mass is 10.2. The van der Waals surface area contributed by atoms with E-state index in [1.54, 1.807) is 0 Å². The predicted octanol–water partition coefficient (Wildman–Crippen LogP) is 4.13. The molecule has 4 nitrogen and oxygen atoms in total. The quantitative estimate of drug-likeness (QED) is 0.814. The van der Waals surface area contributed by atoms with E-state index in [2.05, 4.69) is 10.3 Å². The first kappa shape index (κ1) is 13.3. The van der Waals surface area contributed by atoms with Gasteiger partial charge in [-0.3, -0.25) is 9.13 Å². The van der Waals surface area contributed by atoms with Crippen LogP contribution in [0.25, 0.3) is 11.3 Å². The van der Waals surface area contributed by atoms with Gasteiger partial charge >= 0.3 is 0 Å². The Morgan fingerprint density at radius 1 is 1.22 bits per heavy atom. The number of nitrogens with one attached hydrogen (secondary N) is 1. The Balaban J connectivity index is 2.03. The molecule has 0 saturated carbocycles. The van der Waals surface area contributed by atoms with E-state index in [0.717, 1.165) is 16.4 Å². The van der Waals surface area contributed by atoms with E-state index < -0.39 is 5.40 Å². The molecule has 0 unspecified atom stereocenters. The molecule has 92 valence electrons. The van der Waals surface area contributed by atoms with E-state index in [9.17, 15) is 9.13 Å². The van der Waals surface area contributed by atoms with Crippen molar-refractivity contribution in [2.75, 3.05) is 11.9 Å². The zero-order valence-electron chi connectivity index (χ0n) is 9.31. The Labute approximate surface area is 112 Å². The molecule has 0 aliphatic carbocycles. The molecular weight excluding hydrogens is 286 g/mol. The number of hydrogen-bond acceptors (Lipinski definition) is 5. The normalized spacial score (nSPS) is 12.7. The summed E-state index contributed by atoms with van der Waals surface area (Å²) in [6, 6.07) is 9.87. The largest absolute Gasteiger partial charge is 0.360 e. The Morgan fingerprint density at radius 2 is 1.94 bits per heavy atom. The number of hydrogen-bond donors (Lipinski definition) is 1. The lowest BCUT2D eigenvalue weighted by Crippen LogP contribution is -2.08. The Morgan fingerprint density at radius 3 is 2.61 bits per heavy atom. The number of nitrogens with zero attached hydrogens (tertiary/aromatic N) is 1. The molecule has 1 aromatic carbocycles. The van der Waals surface area contributed by atoms with Crippen molar-refractivity contribution in [3.63, 3.8) is 0 Å². The molecule has 1 aromatic heterocycles. The summed E-state index contributed by atoms with van der Waals surface area (Å²) in [6.07, 6.45) is 0. The molecule has 0 fully saturated rings. The Bertz CT molecular complexity index is 525. The van der Waals surface area contributed by atoms with E-state index in [0.29, 0.717) is 6.54 Å². The van der Waals surface area contributed by atoms with E-state index >= 15 is 0 Å². The minimum atomic E-state index is -0.422. The van der Waals surface area contributed by atoms with Gasteiger partial charge in [0, 0.05) is 17.5 Å². The summed E-state index contributed by atoms with van der Waals surface area (Å²) in [5.74, 6) is 0. The summed E-state index contributed by atoms with van der Waals surface area (Å²) in [7, 11) is -0.248. The van der Waals surface area contributed by atoms with Gasteiger partial charge in [-0.2, -0.15) is 0 Å². The van der Waals surface area contributed by atoms with Gasteiger partial charge < -0.3 is 5.32 Å². The maximum absolute atomic E-state index is 10.6. The Hall–Kier alpha value is -1.15. The number of rotatable bonds is 6. The van der Waals surface area contributed by atoms with Crippen molar-refractivity contribution in [3.05, 3.63) is 35.7 Å². The average molecular weight is 296 g/mol. The van der Waals surface area contributed by atoms with E-state index in [4.69, 9.17) is 0 Å². The Kier molecular flexibility index (Phi) is 4.94. The monoisotopic (exact) mass is 296 g/mol. The second kappa shape index (κ2) is 6.69. The van der Waals surface area contributed by atoms with Crippen LogP contribution < -0.4 is 5.32 Å². The molecule has 2 aromatic rings. The van der Waals surface area contributed by atoms with Crippen LogP contribution in [-0.4, -0.2) is 16.9 Å². The van der Waals surface area contributed by atoms with Crippen LogP contribution in [0.3, 0.4) is 0 Å². The van der Waals surface area contributed by atoms with Crippen molar-refractivity contribution in [3.8, 4) is 11.3 Å². The molecule has 0 bridgehead atoms. The highest BCUT2D eigenvalue weighted by Crippen LogP contribution is 2.26. The third-order valence-electron chi connectivity index (χ3n) is 2.25. The first-order valence-electron chi connectivity index (χ1n) is 5.23. The third-order valence-corrected chi connectivity index (χ3v) is 4.47. The average Bonchev–Trinajstić information content (AvgIpc) is 2.90. The van der Waals surface area contributed by atoms with Crippen molar-refractivity contribution in [1.82, 2.24) is 4.98 Å². The van der Waals surface area contributed by atoms with Gasteiger partial charge in [0.1, 0.15) is 5.40 Å². The second-order valence-corrected chi connectivity index (χ2v) is 6.41. The second-order valence-electron chi connectivity index (χ2n) is 3.48. The van der Waals surface area contributed by atoms with Crippen molar-refractivity contribution in [2.24, 2.45) is 0 Å². The van der Waals surface area contributed by atoms with E-state index in [1.807, 2.05) is 35.7 Å². The van der Waals surface area contributed by atoms with E-state index in [1.165, 1.54) is 11.3 Å². The van der Waals surface area contributed by atoms with Gasteiger partial charge in [0.25, 0.3) is 0 Å². The highest BCUT2D eigenvalue weighted by atomic mass is 32.1. The SMILES string of the molecule is O=PC(CNc1nc(-c2ccccc2)cs1)P=O. The van der Waals surface area contributed by atoms with Gasteiger partial charge in [0.2, 0.25) is 0 Å². The maximum atomic E-state index is 10.6. The smallest absolute Gasteiger partial charge is 0.183 e. The van der Waals surface area contributed by atoms with E-state index in [-0.39, 0.29) is 16.9 Å². The molecule has 2 rings (SSSR count). The molecule has 18 heavy (non-hydrogen) atoms. The summed E-state index contributed by atoms with van der Waals surface area (Å²) in [6.45, 7) is 0.373. The fourth-order valence-electron chi connectivity index (χ4n) is 1.37. The van der Waals surface area contributed by atoms with Gasteiger partial charge in [0.05, 0.1) is 5.69 Å². The predicted molar refractivity (Wildman–Crippen MR) is 75.0 cm³/mol. The topological polar surface area (TPSA) is 59.1 Å². The fraction of sp³-hybridized carbons (Fsp3) is 0.182. The molecule has 1 N–H and O–H groups in total. The van der Waals surface area contributed by atoms with Crippen molar-refractivity contribution in [1.29, 1.82) is 0 Å². The van der Waals surface area contributed by atoms with Gasteiger partial charge in [-0.1, -0.05) is 30.3 Å². The molecule has 0 spiro atoms. The van der Waals surface area contributed by atoms with Crippen molar-refractivity contribution < 1.29 is 9.13 Å². The highest BCUT2D eigenvalue weighted by molar-refractivity contribution is 7.44. The van der Waals surface area contributed by atoms with Gasteiger partial charge in [-0.15, -0.1) is 11.3 Å². The van der Waals surface area contributed by atoms with Crippen LogP contribution in [0.2, 0.25) is 0 Å². The third kappa shape index (κ3) is 3.42. The first-order valence-corrected chi connectivity index (χ1v) is 7.87. The van der Waals surface area contributed by atoms with Crippen LogP contribution in [0, 0.1) is 0 Å². The fourth-order valence-corrected chi connectivity index (χ4v) is 2.58. The van der Waals surface area contributed by atoms with Crippen LogP contribution in [0.15, 0.2) is 35.7 Å². The minimum absolute atomic E-state index is 0.124. The van der Waals surface area contributed by atoms with Gasteiger partial charge in [-0.25, -0.2) is 4.98 Å². The van der Waals surface area contributed by atoms with Crippen LogP contribution >= 0.6 is 28.3 Å². The van der Waals surface area contributed by atoms with Gasteiger partial charge in [-0.05, 0) is 0 Å². The molecule has 0 aliphatic rings. The number of anilines is 1. The molecular formula is C11H10N2O2P2S. The van der Waals surface area contributed by atoms with Crippen LogP contribution in [-0.2, 0) is 9.13 Å². The lowest BCUT2D eigenvalue weighted by molar-refractivity contribution is 0.588. The molecule has 0 amide bonds. The first-order chi connectivity index (χ1) is 8.83. The lowest BCUT2D eigenvalue weighted by Gasteiger charge is -2.01. The zero-order valence-corrected chi connectivity index (χ0v) is 11.9. The van der Waals surface area contributed by atoms with Crippen LogP contribution in [0.1, 0.15) is 0 Å². The summed E-state index contributed by atoms with van der Waals surface area (Å²) in [4.78, 5) is 4.42. The molecule has 0 radical (unpaired) electrons. The standard InChI is InChI=1S/C11H10N2O2P2S/c14-16-10(17-15)6-12-11-13-9(7-18-11)8-4-2-1-3-5-8/h1-5,7,10H,6H2,(H,12,13). The summed E-state index contributed by atoms with van der Waals surface area (Å²) in [5.41, 5.74) is 1.96. The number of thiazole rings is 1. The molecule has 1 heterocycles. The molecule has 0 saturated heterocycles. The summed E-state index contributed by atoms with van der Waals surface area (Å²) < 4.78 is 21.2. The number of benzene rings is 1. The molecule has 0 aliphatic heterocycles. The molecule has 0 atom stereocenters. The maximum Gasteiger partial charge on any atom is 0.183 e. The molecule has 7 heteroatoms. The van der Waals surface area contributed by atoms with Crippen molar-refractivity contribution >= 4 is 33.4 Å². The summed E-state index contributed by atoms with van der Waals surface area (Å²) in [5, 5.41) is 5.30. The van der Waals surface area contributed by atoms with Crippen LogP contribution in [0.4, 0.5) is 5.13 Å². The number of aromatic nitrogens is 1. The minimum Gasteiger partial charge on any atom is -0.360 e. The zero-order chi connectivity index (χ0) is 12.8. The van der Waals surface area contributed by atoms with Crippen molar-refractivity contribution in [2.45, 2.75) is 5.40 Å². The van der Waals surface area contributed by atoms with Gasteiger partial charge in [0.15, 0.2) is 22.1 Å². The van der Waals surface area contributed by atoms with Crippen LogP contribution in [0.5, 0.6) is 0 Å². The summed E-state index contributed by atoms with van der Waals surface area (Å²) >= 11 is 1.47.